The SMILES string of the molecule is CC(CO)CNC(=O)c1cc(-c2ccc(C(F)(F)F)cc2)nn(-c2cccc(F)c2)c1=O. The summed E-state index contributed by atoms with van der Waals surface area (Å²) in [6.07, 6.45) is -4.53. The summed E-state index contributed by atoms with van der Waals surface area (Å²) in [6.45, 7) is 1.60. The molecule has 3 rings (SSSR count). The van der Waals surface area contributed by atoms with Gasteiger partial charge in [-0.15, -0.1) is 0 Å². The first kappa shape index (κ1) is 23.1. The molecule has 168 valence electrons. The minimum atomic E-state index is -4.53. The van der Waals surface area contributed by atoms with Gasteiger partial charge in [0.15, 0.2) is 0 Å². The van der Waals surface area contributed by atoms with E-state index in [1.807, 2.05) is 0 Å². The molecule has 2 aromatic carbocycles. The van der Waals surface area contributed by atoms with Crippen molar-refractivity contribution in [1.29, 1.82) is 0 Å². The zero-order valence-corrected chi connectivity index (χ0v) is 16.9. The molecule has 10 heteroatoms. The van der Waals surface area contributed by atoms with Gasteiger partial charge < -0.3 is 10.4 Å². The molecule has 1 heterocycles. The lowest BCUT2D eigenvalue weighted by Crippen LogP contribution is -2.36. The lowest BCUT2D eigenvalue weighted by atomic mass is 10.1. The first-order chi connectivity index (χ1) is 15.1. The number of alkyl halides is 3. The number of nitrogens with one attached hydrogen (secondary N) is 1. The Morgan fingerprint density at radius 2 is 1.84 bits per heavy atom. The zero-order valence-electron chi connectivity index (χ0n) is 16.9. The molecule has 0 saturated heterocycles. The zero-order chi connectivity index (χ0) is 23.5. The van der Waals surface area contributed by atoms with Crippen molar-refractivity contribution in [2.24, 2.45) is 5.92 Å². The van der Waals surface area contributed by atoms with Gasteiger partial charge in [-0.1, -0.05) is 25.1 Å². The summed E-state index contributed by atoms with van der Waals surface area (Å²) in [5.41, 5.74) is -1.72. The van der Waals surface area contributed by atoms with E-state index >= 15 is 0 Å². The number of amides is 1. The molecular formula is C22H19F4N3O3. The third kappa shape index (κ3) is 5.20. The van der Waals surface area contributed by atoms with Crippen LogP contribution >= 0.6 is 0 Å². The highest BCUT2D eigenvalue weighted by atomic mass is 19.4. The quantitative estimate of drug-likeness (QED) is 0.565. The van der Waals surface area contributed by atoms with E-state index in [1.165, 1.54) is 30.3 Å². The Labute approximate surface area is 180 Å². The van der Waals surface area contributed by atoms with Crippen molar-refractivity contribution in [1.82, 2.24) is 15.1 Å². The van der Waals surface area contributed by atoms with Gasteiger partial charge in [0.25, 0.3) is 11.5 Å². The molecule has 0 aliphatic rings. The van der Waals surface area contributed by atoms with Crippen molar-refractivity contribution in [3.8, 4) is 16.9 Å². The van der Waals surface area contributed by atoms with Crippen LogP contribution < -0.4 is 10.9 Å². The van der Waals surface area contributed by atoms with Crippen LogP contribution in [0.3, 0.4) is 0 Å². The first-order valence-electron chi connectivity index (χ1n) is 9.57. The van der Waals surface area contributed by atoms with Crippen LogP contribution in [0, 0.1) is 11.7 Å². The van der Waals surface area contributed by atoms with E-state index in [-0.39, 0.29) is 41.6 Å². The van der Waals surface area contributed by atoms with E-state index in [0.717, 1.165) is 28.9 Å². The maximum atomic E-state index is 13.7. The highest BCUT2D eigenvalue weighted by Crippen LogP contribution is 2.30. The molecule has 32 heavy (non-hydrogen) atoms. The van der Waals surface area contributed by atoms with E-state index in [2.05, 4.69) is 10.4 Å². The summed E-state index contributed by atoms with van der Waals surface area (Å²) in [6, 6.07) is 10.2. The minimum absolute atomic E-state index is 0.0431. The lowest BCUT2D eigenvalue weighted by molar-refractivity contribution is -0.137. The van der Waals surface area contributed by atoms with Gasteiger partial charge in [0.05, 0.1) is 16.9 Å². The number of rotatable bonds is 6. The number of aliphatic hydroxyl groups is 1. The van der Waals surface area contributed by atoms with Gasteiger partial charge >= 0.3 is 6.18 Å². The third-order valence-electron chi connectivity index (χ3n) is 4.64. The molecule has 0 spiro atoms. The molecular weight excluding hydrogens is 430 g/mol. The molecule has 0 fully saturated rings. The predicted molar refractivity (Wildman–Crippen MR) is 109 cm³/mol. The molecule has 6 nitrogen and oxygen atoms in total. The van der Waals surface area contributed by atoms with E-state index in [9.17, 15) is 27.2 Å². The Morgan fingerprint density at radius 1 is 1.16 bits per heavy atom. The monoisotopic (exact) mass is 449 g/mol. The van der Waals surface area contributed by atoms with Crippen LogP contribution in [0.1, 0.15) is 22.8 Å². The van der Waals surface area contributed by atoms with Crippen LogP contribution in [-0.4, -0.2) is 33.9 Å². The van der Waals surface area contributed by atoms with Crippen LogP contribution in [0.25, 0.3) is 16.9 Å². The Morgan fingerprint density at radius 3 is 2.44 bits per heavy atom. The van der Waals surface area contributed by atoms with Gasteiger partial charge in [-0.25, -0.2) is 4.39 Å². The predicted octanol–water partition coefficient (Wildman–Crippen LogP) is 3.42. The molecule has 0 aliphatic heterocycles. The number of aromatic nitrogens is 2. The Bertz CT molecular complexity index is 1170. The van der Waals surface area contributed by atoms with Crippen molar-refractivity contribution in [2.45, 2.75) is 13.1 Å². The first-order valence-corrected chi connectivity index (χ1v) is 9.57. The molecule has 1 atom stereocenters. The molecule has 0 radical (unpaired) electrons. The molecule has 1 unspecified atom stereocenters. The Kier molecular flexibility index (Phi) is 6.73. The van der Waals surface area contributed by atoms with Crippen molar-refractivity contribution in [3.05, 3.63) is 81.9 Å². The van der Waals surface area contributed by atoms with Crippen molar-refractivity contribution in [3.63, 3.8) is 0 Å². The highest BCUT2D eigenvalue weighted by molar-refractivity contribution is 5.94. The molecule has 3 aromatic rings. The average Bonchev–Trinajstić information content (AvgIpc) is 2.76. The fraction of sp³-hybridized carbons (Fsp3) is 0.227. The number of halogens is 4. The standard InChI is InChI=1S/C22H19F4N3O3/c1-13(12-30)11-27-20(31)18-10-19(14-5-7-15(8-6-14)22(24,25)26)28-29(21(18)32)17-4-2-3-16(23)9-17/h2-10,13,30H,11-12H2,1H3,(H,27,31). The van der Waals surface area contributed by atoms with Gasteiger partial charge in [0, 0.05) is 18.7 Å². The van der Waals surface area contributed by atoms with Crippen molar-refractivity contribution in [2.75, 3.05) is 13.2 Å². The van der Waals surface area contributed by atoms with Crippen molar-refractivity contribution < 1.29 is 27.5 Å². The molecule has 0 saturated carbocycles. The number of hydrogen-bond donors (Lipinski definition) is 2. The van der Waals surface area contributed by atoms with Gasteiger partial charge in [-0.2, -0.15) is 23.0 Å². The number of aliphatic hydroxyl groups excluding tert-OH is 1. The second kappa shape index (κ2) is 9.31. The second-order valence-electron chi connectivity index (χ2n) is 7.21. The Hall–Kier alpha value is -3.53. The summed E-state index contributed by atoms with van der Waals surface area (Å²) in [7, 11) is 0. The normalized spacial score (nSPS) is 12.4. The van der Waals surface area contributed by atoms with E-state index in [4.69, 9.17) is 5.11 Å². The molecule has 2 N–H and O–H groups in total. The maximum absolute atomic E-state index is 13.7. The van der Waals surface area contributed by atoms with E-state index in [0.29, 0.717) is 0 Å². The van der Waals surface area contributed by atoms with E-state index < -0.39 is 29.0 Å². The maximum Gasteiger partial charge on any atom is 0.416 e. The fourth-order valence-corrected chi connectivity index (χ4v) is 2.84. The molecule has 1 aromatic heterocycles. The topological polar surface area (TPSA) is 84.2 Å². The van der Waals surface area contributed by atoms with Crippen molar-refractivity contribution >= 4 is 5.91 Å². The Balaban J connectivity index is 2.12. The number of carbonyl (C=O) groups excluding carboxylic acids is 1. The number of carbonyl (C=O) groups is 1. The molecule has 0 bridgehead atoms. The number of nitrogens with zero attached hydrogens (tertiary/aromatic N) is 2. The number of benzene rings is 2. The molecule has 0 aliphatic carbocycles. The average molecular weight is 449 g/mol. The summed E-state index contributed by atoms with van der Waals surface area (Å²) < 4.78 is 53.2. The fourth-order valence-electron chi connectivity index (χ4n) is 2.84. The smallest absolute Gasteiger partial charge is 0.396 e. The minimum Gasteiger partial charge on any atom is -0.396 e. The van der Waals surface area contributed by atoms with Gasteiger partial charge in [-0.3, -0.25) is 9.59 Å². The number of hydrogen-bond acceptors (Lipinski definition) is 4. The van der Waals surface area contributed by atoms with Crippen LogP contribution in [0.5, 0.6) is 0 Å². The summed E-state index contributed by atoms with van der Waals surface area (Å²) in [5, 5.41) is 15.8. The largest absolute Gasteiger partial charge is 0.416 e. The van der Waals surface area contributed by atoms with Crippen LogP contribution in [0.4, 0.5) is 17.6 Å². The van der Waals surface area contributed by atoms with Crippen LogP contribution in [0.15, 0.2) is 59.4 Å². The van der Waals surface area contributed by atoms with Gasteiger partial charge in [-0.05, 0) is 42.3 Å². The van der Waals surface area contributed by atoms with Gasteiger partial charge in [0.1, 0.15) is 11.4 Å². The van der Waals surface area contributed by atoms with Crippen LogP contribution in [-0.2, 0) is 6.18 Å². The summed E-state index contributed by atoms with van der Waals surface area (Å²) in [4.78, 5) is 25.6. The third-order valence-corrected chi connectivity index (χ3v) is 4.64. The van der Waals surface area contributed by atoms with Crippen LogP contribution in [0.2, 0.25) is 0 Å². The van der Waals surface area contributed by atoms with E-state index in [1.54, 1.807) is 6.92 Å². The summed E-state index contributed by atoms with van der Waals surface area (Å²) >= 11 is 0. The lowest BCUT2D eigenvalue weighted by Gasteiger charge is -2.13. The van der Waals surface area contributed by atoms with Gasteiger partial charge in [0.2, 0.25) is 0 Å². The second-order valence-corrected chi connectivity index (χ2v) is 7.21. The molecule has 1 amide bonds. The summed E-state index contributed by atoms with van der Waals surface area (Å²) in [5.74, 6) is -1.66. The highest BCUT2D eigenvalue weighted by Gasteiger charge is 2.30.